The molecule has 0 saturated heterocycles. The molecule has 0 aromatic heterocycles. The van der Waals surface area contributed by atoms with Crippen LogP contribution < -0.4 is 0 Å². The molecule has 0 aliphatic carbocycles. The molecule has 0 heterocycles. The van der Waals surface area contributed by atoms with Crippen molar-refractivity contribution in [3.05, 3.63) is 0 Å². The Morgan fingerprint density at radius 2 is 1.75 bits per heavy atom. The van der Waals surface area contributed by atoms with Crippen LogP contribution in [0.4, 0.5) is 0 Å². The lowest BCUT2D eigenvalue weighted by Gasteiger charge is -2.22. The van der Waals surface area contributed by atoms with Gasteiger partial charge in [0.1, 0.15) is 5.60 Å². The quantitative estimate of drug-likeness (QED) is 0.537. The van der Waals surface area contributed by atoms with Crippen molar-refractivity contribution in [2.75, 3.05) is 6.61 Å². The average Bonchev–Trinajstić information content (AvgIpc) is 2.16. The summed E-state index contributed by atoms with van der Waals surface area (Å²) in [7, 11) is 0. The molecule has 16 heavy (non-hydrogen) atoms. The molecule has 0 bridgehead atoms. The Morgan fingerprint density at radius 1 is 1.19 bits per heavy atom. The Hall–Kier alpha value is -1.06. The topological polar surface area (TPSA) is 52.6 Å². The molecule has 0 rings (SSSR count). The van der Waals surface area contributed by atoms with Gasteiger partial charge in [0.2, 0.25) is 0 Å². The molecular formula is C12H22O4. The fourth-order valence-corrected chi connectivity index (χ4v) is 0.811. The highest BCUT2D eigenvalue weighted by Gasteiger charge is 2.26. The molecule has 4 heteroatoms. The first-order chi connectivity index (χ1) is 7.28. The molecule has 0 aliphatic heterocycles. The zero-order chi connectivity index (χ0) is 12.8. The standard InChI is InChI=1S/C12H22O4/c1-6-12(4,5)16-11(14)10(13)15-8-7-9(2)3/h9H,6-8H2,1-5H3. The summed E-state index contributed by atoms with van der Waals surface area (Å²) < 4.78 is 9.78. The van der Waals surface area contributed by atoms with Crippen molar-refractivity contribution in [2.45, 2.75) is 53.1 Å². The molecule has 0 amide bonds. The van der Waals surface area contributed by atoms with Gasteiger partial charge in [0.05, 0.1) is 6.61 Å². The smallest absolute Gasteiger partial charge is 0.418 e. The van der Waals surface area contributed by atoms with E-state index in [9.17, 15) is 9.59 Å². The number of carbonyl (C=O) groups is 2. The van der Waals surface area contributed by atoms with Gasteiger partial charge in [0.15, 0.2) is 0 Å². The summed E-state index contributed by atoms with van der Waals surface area (Å²) in [5.74, 6) is -1.37. The van der Waals surface area contributed by atoms with E-state index >= 15 is 0 Å². The molecule has 0 spiro atoms. The van der Waals surface area contributed by atoms with E-state index in [0.717, 1.165) is 6.42 Å². The summed E-state index contributed by atoms with van der Waals surface area (Å²) in [5.41, 5.74) is -0.617. The molecule has 0 fully saturated rings. The number of carbonyl (C=O) groups excluding carboxylic acids is 2. The van der Waals surface area contributed by atoms with Crippen molar-refractivity contribution in [1.29, 1.82) is 0 Å². The molecule has 0 unspecified atom stereocenters. The van der Waals surface area contributed by atoms with Gasteiger partial charge in [0, 0.05) is 0 Å². The van der Waals surface area contributed by atoms with Crippen LogP contribution in [0.15, 0.2) is 0 Å². The van der Waals surface area contributed by atoms with Crippen LogP contribution in [0.1, 0.15) is 47.5 Å². The summed E-state index contributed by atoms with van der Waals surface area (Å²) in [6.45, 7) is 9.70. The fraction of sp³-hybridized carbons (Fsp3) is 0.833. The lowest BCUT2D eigenvalue weighted by molar-refractivity contribution is -0.176. The Kier molecular flexibility index (Phi) is 6.08. The molecule has 0 N–H and O–H groups in total. The number of hydrogen-bond donors (Lipinski definition) is 0. The SMILES string of the molecule is CCC(C)(C)OC(=O)C(=O)OCCC(C)C. The summed E-state index contributed by atoms with van der Waals surface area (Å²) >= 11 is 0. The molecule has 94 valence electrons. The number of rotatable bonds is 5. The van der Waals surface area contributed by atoms with Gasteiger partial charge < -0.3 is 9.47 Å². The van der Waals surface area contributed by atoms with E-state index in [1.807, 2.05) is 20.8 Å². The van der Waals surface area contributed by atoms with Gasteiger partial charge >= 0.3 is 11.9 Å². The third-order valence-corrected chi connectivity index (χ3v) is 2.32. The second-order valence-electron chi connectivity index (χ2n) is 4.82. The summed E-state index contributed by atoms with van der Waals surface area (Å²) in [6, 6.07) is 0. The van der Waals surface area contributed by atoms with E-state index in [-0.39, 0.29) is 6.61 Å². The summed E-state index contributed by atoms with van der Waals surface area (Å²) in [4.78, 5) is 22.5. The van der Waals surface area contributed by atoms with E-state index in [2.05, 4.69) is 0 Å². The van der Waals surface area contributed by atoms with E-state index in [1.165, 1.54) is 0 Å². The van der Waals surface area contributed by atoms with Crippen molar-refractivity contribution in [1.82, 2.24) is 0 Å². The van der Waals surface area contributed by atoms with Crippen LogP contribution in [-0.4, -0.2) is 24.1 Å². The lowest BCUT2D eigenvalue weighted by Crippen LogP contribution is -2.32. The van der Waals surface area contributed by atoms with Crippen LogP contribution >= 0.6 is 0 Å². The Morgan fingerprint density at radius 3 is 2.19 bits per heavy atom. The predicted octanol–water partition coefficient (Wildman–Crippen LogP) is 2.31. The molecule has 0 radical (unpaired) electrons. The lowest BCUT2D eigenvalue weighted by atomic mass is 10.1. The third-order valence-electron chi connectivity index (χ3n) is 2.32. The first-order valence-corrected chi connectivity index (χ1v) is 5.68. The highest BCUT2D eigenvalue weighted by atomic mass is 16.6. The van der Waals surface area contributed by atoms with Crippen molar-refractivity contribution in [3.8, 4) is 0 Å². The molecule has 0 aromatic carbocycles. The van der Waals surface area contributed by atoms with E-state index < -0.39 is 17.5 Å². The van der Waals surface area contributed by atoms with Gasteiger partial charge in [-0.15, -0.1) is 0 Å². The molecule has 0 saturated carbocycles. The molecule has 4 nitrogen and oxygen atoms in total. The van der Waals surface area contributed by atoms with Crippen molar-refractivity contribution >= 4 is 11.9 Å². The summed E-state index contributed by atoms with van der Waals surface area (Å²) in [5, 5.41) is 0. The van der Waals surface area contributed by atoms with Gasteiger partial charge in [-0.3, -0.25) is 0 Å². The van der Waals surface area contributed by atoms with Gasteiger partial charge in [0.25, 0.3) is 0 Å². The predicted molar refractivity (Wildman–Crippen MR) is 60.9 cm³/mol. The average molecular weight is 230 g/mol. The number of hydrogen-bond acceptors (Lipinski definition) is 4. The van der Waals surface area contributed by atoms with Crippen molar-refractivity contribution in [2.24, 2.45) is 5.92 Å². The van der Waals surface area contributed by atoms with E-state index in [1.54, 1.807) is 13.8 Å². The van der Waals surface area contributed by atoms with Gasteiger partial charge in [-0.25, -0.2) is 9.59 Å². The minimum Gasteiger partial charge on any atom is -0.457 e. The highest BCUT2D eigenvalue weighted by molar-refractivity contribution is 6.29. The second kappa shape index (κ2) is 6.51. The first-order valence-electron chi connectivity index (χ1n) is 5.68. The van der Waals surface area contributed by atoms with Crippen LogP contribution in [0.2, 0.25) is 0 Å². The first kappa shape index (κ1) is 14.9. The monoisotopic (exact) mass is 230 g/mol. The van der Waals surface area contributed by atoms with Gasteiger partial charge in [-0.05, 0) is 32.6 Å². The maximum Gasteiger partial charge on any atom is 0.418 e. The molecule has 0 atom stereocenters. The highest BCUT2D eigenvalue weighted by Crippen LogP contribution is 2.13. The van der Waals surface area contributed by atoms with Crippen LogP contribution in [0.25, 0.3) is 0 Å². The largest absolute Gasteiger partial charge is 0.457 e. The van der Waals surface area contributed by atoms with Crippen LogP contribution in [0, 0.1) is 5.92 Å². The van der Waals surface area contributed by atoms with Gasteiger partial charge in [-0.1, -0.05) is 20.8 Å². The van der Waals surface area contributed by atoms with Crippen molar-refractivity contribution in [3.63, 3.8) is 0 Å². The summed E-state index contributed by atoms with van der Waals surface area (Å²) in [6.07, 6.45) is 1.40. The molecule has 0 aliphatic rings. The Balaban J connectivity index is 3.96. The third kappa shape index (κ3) is 6.43. The fourth-order valence-electron chi connectivity index (χ4n) is 0.811. The van der Waals surface area contributed by atoms with E-state index in [0.29, 0.717) is 12.3 Å². The van der Waals surface area contributed by atoms with Crippen LogP contribution in [0.3, 0.4) is 0 Å². The zero-order valence-electron chi connectivity index (χ0n) is 10.8. The van der Waals surface area contributed by atoms with Gasteiger partial charge in [-0.2, -0.15) is 0 Å². The normalized spacial score (nSPS) is 11.4. The molecular weight excluding hydrogens is 208 g/mol. The Bertz CT molecular complexity index is 243. The minimum atomic E-state index is -0.907. The maximum absolute atomic E-state index is 11.3. The van der Waals surface area contributed by atoms with Crippen LogP contribution in [-0.2, 0) is 19.1 Å². The Labute approximate surface area is 97.3 Å². The maximum atomic E-state index is 11.3. The van der Waals surface area contributed by atoms with Crippen molar-refractivity contribution < 1.29 is 19.1 Å². The number of ether oxygens (including phenoxy) is 2. The van der Waals surface area contributed by atoms with E-state index in [4.69, 9.17) is 9.47 Å². The van der Waals surface area contributed by atoms with Crippen LogP contribution in [0.5, 0.6) is 0 Å². The number of esters is 2. The minimum absolute atomic E-state index is 0.262. The second-order valence-corrected chi connectivity index (χ2v) is 4.82. The zero-order valence-corrected chi connectivity index (χ0v) is 10.8. The molecule has 0 aromatic rings.